The average Bonchev–Trinajstić information content (AvgIpc) is 3.79. The van der Waals surface area contributed by atoms with Crippen LogP contribution in [0.2, 0.25) is 0 Å². The lowest BCUT2D eigenvalue weighted by Crippen LogP contribution is -2.29. The highest BCUT2D eigenvalue weighted by Gasteiger charge is 2.43. The second-order valence-corrected chi connectivity index (χ2v) is 10.2. The van der Waals surface area contributed by atoms with E-state index in [1.807, 2.05) is 75.4 Å². The number of allylic oxidation sites excluding steroid dienone is 1. The lowest BCUT2D eigenvalue weighted by Gasteiger charge is -2.21. The summed E-state index contributed by atoms with van der Waals surface area (Å²) in [6, 6.07) is 22.9. The Morgan fingerprint density at radius 1 is 0.538 bits per heavy atom. The quantitative estimate of drug-likeness (QED) is 0.309. The van der Waals surface area contributed by atoms with Crippen molar-refractivity contribution in [1.82, 2.24) is 14.7 Å². The Morgan fingerprint density at radius 2 is 1.00 bits per heavy atom. The first kappa shape index (κ1) is 23.3. The van der Waals surface area contributed by atoms with Crippen molar-refractivity contribution in [3.05, 3.63) is 96.0 Å². The summed E-state index contributed by atoms with van der Waals surface area (Å²) in [4.78, 5) is 30.5. The van der Waals surface area contributed by atoms with E-state index in [0.717, 1.165) is 60.8 Å². The minimum atomic E-state index is 0.00546. The lowest BCUT2D eigenvalue weighted by molar-refractivity contribution is -0.117. The highest BCUT2D eigenvalue weighted by atomic mass is 16.3. The molecule has 3 heterocycles. The van der Waals surface area contributed by atoms with Crippen LogP contribution < -0.4 is 0 Å². The van der Waals surface area contributed by atoms with E-state index in [1.165, 1.54) is 6.08 Å². The molecular formula is C32H27N3O4. The first-order chi connectivity index (χ1) is 19.0. The molecule has 4 aromatic carbocycles. The van der Waals surface area contributed by atoms with Crippen molar-refractivity contribution in [2.75, 3.05) is 39.3 Å². The van der Waals surface area contributed by atoms with E-state index >= 15 is 0 Å². The van der Waals surface area contributed by atoms with Gasteiger partial charge in [-0.1, -0.05) is 60.7 Å². The van der Waals surface area contributed by atoms with Gasteiger partial charge < -0.3 is 24.9 Å². The minimum absolute atomic E-state index is 0.00546. The van der Waals surface area contributed by atoms with Gasteiger partial charge in [-0.25, -0.2) is 0 Å². The molecule has 8 rings (SSSR count). The van der Waals surface area contributed by atoms with Crippen molar-refractivity contribution in [2.45, 2.75) is 0 Å². The Kier molecular flexibility index (Phi) is 5.33. The molecule has 0 bridgehead atoms. The largest absolute Gasteiger partial charge is 0.507 e. The van der Waals surface area contributed by atoms with E-state index < -0.39 is 0 Å². The molecule has 0 aromatic heterocycles. The number of Topliss-reactive ketones (excluding diaryl/α,β-unsaturated/α-hetero) is 1. The van der Waals surface area contributed by atoms with E-state index in [4.69, 9.17) is 0 Å². The Morgan fingerprint density at radius 3 is 1.49 bits per heavy atom. The van der Waals surface area contributed by atoms with Crippen LogP contribution in [0.15, 0.2) is 96.0 Å². The molecular weight excluding hydrogens is 490 g/mol. The van der Waals surface area contributed by atoms with Crippen molar-refractivity contribution in [1.29, 1.82) is 0 Å². The topological polar surface area (TPSA) is 83.6 Å². The van der Waals surface area contributed by atoms with Gasteiger partial charge in [0.15, 0.2) is 0 Å². The van der Waals surface area contributed by atoms with E-state index in [1.54, 1.807) is 12.1 Å². The summed E-state index contributed by atoms with van der Waals surface area (Å²) < 4.78 is 0. The number of nitrogens with zero attached hydrogens (tertiary/aromatic N) is 3. The van der Waals surface area contributed by atoms with Crippen molar-refractivity contribution < 1.29 is 19.8 Å². The van der Waals surface area contributed by atoms with Gasteiger partial charge in [0, 0.05) is 56.5 Å². The predicted molar refractivity (Wildman–Crippen MR) is 150 cm³/mol. The predicted octanol–water partition coefficient (Wildman–Crippen LogP) is 4.25. The van der Waals surface area contributed by atoms with Crippen LogP contribution in [0.5, 0.6) is 11.5 Å². The maximum atomic E-state index is 12.4. The molecule has 3 aliphatic heterocycles. The normalized spacial score (nSPS) is 17.8. The van der Waals surface area contributed by atoms with Crippen LogP contribution in [0.1, 0.15) is 0 Å². The zero-order chi connectivity index (χ0) is 26.7. The first-order valence-corrected chi connectivity index (χ1v) is 13.2. The highest BCUT2D eigenvalue weighted by molar-refractivity contribution is 6.22. The van der Waals surface area contributed by atoms with Gasteiger partial charge >= 0.3 is 0 Å². The third-order valence-electron chi connectivity index (χ3n) is 7.55. The number of aromatic hydroxyl groups is 2. The SMILES string of the molecule is O=C1C=C(N2CC2)C(=O)C(N2CC2)=C1N1CC1.Oc1ccc2ccccc2c1-c1c(O)ccc2ccccc12. The van der Waals surface area contributed by atoms with E-state index in [9.17, 15) is 19.8 Å². The summed E-state index contributed by atoms with van der Waals surface area (Å²) in [6.07, 6.45) is 1.52. The molecule has 0 saturated carbocycles. The van der Waals surface area contributed by atoms with Crippen LogP contribution in [0.25, 0.3) is 32.7 Å². The van der Waals surface area contributed by atoms with Gasteiger partial charge in [0.2, 0.25) is 11.6 Å². The zero-order valence-electron chi connectivity index (χ0n) is 21.3. The molecule has 4 aliphatic rings. The fourth-order valence-corrected chi connectivity index (χ4v) is 5.32. The monoisotopic (exact) mass is 517 g/mol. The number of fused-ring (bicyclic) bond motifs is 2. The van der Waals surface area contributed by atoms with Gasteiger partial charge in [0.25, 0.3) is 0 Å². The van der Waals surface area contributed by atoms with Gasteiger partial charge in [0.05, 0.1) is 5.70 Å². The second kappa shape index (κ2) is 8.91. The number of rotatable bonds is 4. The smallest absolute Gasteiger partial charge is 0.227 e. The molecule has 1 aliphatic carbocycles. The maximum Gasteiger partial charge on any atom is 0.227 e. The van der Waals surface area contributed by atoms with Crippen LogP contribution in [-0.2, 0) is 9.59 Å². The van der Waals surface area contributed by atoms with E-state index in [0.29, 0.717) is 28.2 Å². The molecule has 2 N–H and O–H groups in total. The number of phenolic OH excluding ortho intramolecular Hbond substituents is 2. The summed E-state index contributed by atoms with van der Waals surface area (Å²) >= 11 is 0. The molecule has 194 valence electrons. The van der Waals surface area contributed by atoms with Gasteiger partial charge in [-0.2, -0.15) is 0 Å². The maximum absolute atomic E-state index is 12.4. The Hall–Kier alpha value is -4.78. The molecule has 4 aromatic rings. The fraction of sp³-hybridized carbons (Fsp3) is 0.188. The Bertz CT molecular complexity index is 1660. The molecule has 3 fully saturated rings. The molecule has 7 heteroatoms. The molecule has 0 spiro atoms. The molecule has 0 unspecified atom stereocenters. The summed E-state index contributed by atoms with van der Waals surface area (Å²) in [5, 5.41) is 24.8. The van der Waals surface area contributed by atoms with Crippen molar-refractivity contribution in [3.63, 3.8) is 0 Å². The fourth-order valence-electron chi connectivity index (χ4n) is 5.32. The van der Waals surface area contributed by atoms with Crippen LogP contribution in [0.3, 0.4) is 0 Å². The summed E-state index contributed by atoms with van der Waals surface area (Å²) in [5.74, 6) is 0.392. The first-order valence-electron chi connectivity index (χ1n) is 13.2. The average molecular weight is 518 g/mol. The number of benzene rings is 4. The summed E-state index contributed by atoms with van der Waals surface area (Å²) in [6.45, 7) is 5.41. The number of hydrogen-bond donors (Lipinski definition) is 2. The van der Waals surface area contributed by atoms with E-state index in [2.05, 4.69) is 0 Å². The number of carbonyl (C=O) groups excluding carboxylic acids is 2. The molecule has 7 nitrogen and oxygen atoms in total. The molecule has 0 radical (unpaired) electrons. The van der Waals surface area contributed by atoms with Crippen molar-refractivity contribution in [2.24, 2.45) is 0 Å². The molecule has 39 heavy (non-hydrogen) atoms. The molecule has 0 atom stereocenters. The van der Waals surface area contributed by atoms with Crippen LogP contribution in [-0.4, -0.2) is 75.7 Å². The summed E-state index contributed by atoms with van der Waals surface area (Å²) in [7, 11) is 0. The van der Waals surface area contributed by atoms with Crippen LogP contribution in [0.4, 0.5) is 0 Å². The zero-order valence-corrected chi connectivity index (χ0v) is 21.3. The Labute approximate surface area is 225 Å². The third-order valence-corrected chi connectivity index (χ3v) is 7.55. The van der Waals surface area contributed by atoms with Crippen LogP contribution in [0, 0.1) is 0 Å². The van der Waals surface area contributed by atoms with Gasteiger partial charge in [-0.15, -0.1) is 0 Å². The second-order valence-electron chi connectivity index (χ2n) is 10.2. The standard InChI is InChI=1S/C20H14O2.C12H13N3O2/c21-17-11-9-13-5-1-3-7-15(13)19(17)20-16-8-4-2-6-14(16)10-12-18(20)22;16-9-7-8(13-1-2-13)12(17)11(15-5-6-15)10(9)14-3-4-14/h1-12,21-22H;7H,1-6H2. The number of phenols is 2. The highest BCUT2D eigenvalue weighted by Crippen LogP contribution is 2.44. The number of carbonyl (C=O) groups is 2. The van der Waals surface area contributed by atoms with E-state index in [-0.39, 0.29) is 23.1 Å². The Balaban J connectivity index is 0.000000134. The van der Waals surface area contributed by atoms with Gasteiger partial charge in [-0.05, 0) is 33.7 Å². The minimum Gasteiger partial charge on any atom is -0.507 e. The van der Waals surface area contributed by atoms with Gasteiger partial charge in [0.1, 0.15) is 22.9 Å². The molecule has 0 amide bonds. The van der Waals surface area contributed by atoms with Gasteiger partial charge in [-0.3, -0.25) is 9.59 Å². The molecule has 3 saturated heterocycles. The third kappa shape index (κ3) is 4.16. The number of hydrogen-bond acceptors (Lipinski definition) is 7. The summed E-state index contributed by atoms with van der Waals surface area (Å²) in [5.41, 5.74) is 3.23. The van der Waals surface area contributed by atoms with Crippen LogP contribution >= 0.6 is 0 Å². The lowest BCUT2D eigenvalue weighted by atomic mass is 9.92. The van der Waals surface area contributed by atoms with Crippen molar-refractivity contribution in [3.8, 4) is 22.6 Å². The number of ketones is 2. The van der Waals surface area contributed by atoms with Crippen molar-refractivity contribution >= 4 is 33.1 Å².